The maximum atomic E-state index is 4.67. The van der Waals surface area contributed by atoms with Gasteiger partial charge in [-0.2, -0.15) is 5.10 Å². The van der Waals surface area contributed by atoms with Crippen LogP contribution in [0.4, 0.5) is 5.69 Å². The number of nitrogens with one attached hydrogen (secondary N) is 2. The molecule has 6 heteroatoms. The van der Waals surface area contributed by atoms with Crippen molar-refractivity contribution in [3.63, 3.8) is 0 Å². The van der Waals surface area contributed by atoms with E-state index in [0.717, 1.165) is 27.1 Å². The molecule has 4 aromatic rings. The molecule has 0 fully saturated rings. The third kappa shape index (κ3) is 3.65. The summed E-state index contributed by atoms with van der Waals surface area (Å²) >= 11 is 3.49. The standard InChI is InChI=1S/C20H16BrN5/c21-16-5-3-4-15(12-16)19-24-20(26-25-19)17-6-1-2-7-18(17)23-13-14-8-10-22-11-9-14/h1-12,23H,13H2,(H,24,25,26). The maximum absolute atomic E-state index is 4.67. The highest BCUT2D eigenvalue weighted by atomic mass is 79.9. The van der Waals surface area contributed by atoms with E-state index in [0.29, 0.717) is 12.4 Å². The van der Waals surface area contributed by atoms with Crippen molar-refractivity contribution in [3.05, 3.63) is 83.1 Å². The fraction of sp³-hybridized carbons (Fsp3) is 0.0500. The second-order valence-corrected chi connectivity index (χ2v) is 6.69. The molecular formula is C20H16BrN5. The first-order valence-corrected chi connectivity index (χ1v) is 8.99. The number of hydrogen-bond donors (Lipinski definition) is 2. The van der Waals surface area contributed by atoms with Crippen molar-refractivity contribution >= 4 is 21.6 Å². The highest BCUT2D eigenvalue weighted by Gasteiger charge is 2.11. The first-order chi connectivity index (χ1) is 12.8. The van der Waals surface area contributed by atoms with Crippen LogP contribution in [0, 0.1) is 0 Å². The molecule has 0 amide bonds. The number of benzene rings is 2. The number of rotatable bonds is 5. The number of hydrogen-bond acceptors (Lipinski definition) is 4. The van der Waals surface area contributed by atoms with Gasteiger partial charge in [0.25, 0.3) is 0 Å². The molecule has 2 aromatic heterocycles. The number of H-pyrrole nitrogens is 1. The van der Waals surface area contributed by atoms with Crippen LogP contribution in [-0.2, 0) is 6.54 Å². The van der Waals surface area contributed by atoms with Crippen molar-refractivity contribution in [1.29, 1.82) is 0 Å². The van der Waals surface area contributed by atoms with E-state index in [9.17, 15) is 0 Å². The summed E-state index contributed by atoms with van der Waals surface area (Å²) in [5, 5.41) is 10.9. The SMILES string of the molecule is Brc1cccc(-c2n[nH]c(-c3ccccc3NCc3ccncc3)n2)c1. The minimum absolute atomic E-state index is 0.672. The molecule has 0 saturated carbocycles. The van der Waals surface area contributed by atoms with E-state index in [1.807, 2.05) is 60.7 Å². The third-order valence-corrected chi connectivity index (χ3v) is 4.48. The number of pyridine rings is 1. The Morgan fingerprint density at radius 3 is 2.65 bits per heavy atom. The summed E-state index contributed by atoms with van der Waals surface area (Å²) in [6.45, 7) is 0.714. The minimum Gasteiger partial charge on any atom is -0.380 e. The maximum Gasteiger partial charge on any atom is 0.181 e. The van der Waals surface area contributed by atoms with Crippen molar-refractivity contribution in [1.82, 2.24) is 20.2 Å². The van der Waals surface area contributed by atoms with Gasteiger partial charge in [0.1, 0.15) is 0 Å². The molecular weight excluding hydrogens is 390 g/mol. The van der Waals surface area contributed by atoms with Gasteiger partial charge in [0.05, 0.1) is 0 Å². The lowest BCUT2D eigenvalue weighted by Gasteiger charge is -2.10. The molecule has 2 N–H and O–H groups in total. The van der Waals surface area contributed by atoms with E-state index in [-0.39, 0.29) is 0 Å². The topological polar surface area (TPSA) is 66.5 Å². The van der Waals surface area contributed by atoms with Crippen LogP contribution in [0.15, 0.2) is 77.5 Å². The smallest absolute Gasteiger partial charge is 0.181 e. The summed E-state index contributed by atoms with van der Waals surface area (Å²) in [5.74, 6) is 1.41. The van der Waals surface area contributed by atoms with Crippen molar-refractivity contribution < 1.29 is 0 Å². The van der Waals surface area contributed by atoms with Crippen molar-refractivity contribution in [2.24, 2.45) is 0 Å². The second-order valence-electron chi connectivity index (χ2n) is 5.77. The summed E-state index contributed by atoms with van der Waals surface area (Å²) in [7, 11) is 0. The first kappa shape index (κ1) is 16.5. The molecule has 0 unspecified atom stereocenters. The van der Waals surface area contributed by atoms with Gasteiger partial charge in [-0.1, -0.05) is 40.2 Å². The molecule has 128 valence electrons. The van der Waals surface area contributed by atoms with Gasteiger partial charge < -0.3 is 5.32 Å². The van der Waals surface area contributed by atoms with Gasteiger partial charge in [0, 0.05) is 40.2 Å². The van der Waals surface area contributed by atoms with Crippen LogP contribution in [0.25, 0.3) is 22.8 Å². The molecule has 0 spiro atoms. The number of nitrogens with zero attached hydrogens (tertiary/aromatic N) is 3. The molecule has 0 radical (unpaired) electrons. The molecule has 26 heavy (non-hydrogen) atoms. The number of para-hydroxylation sites is 1. The van der Waals surface area contributed by atoms with Crippen molar-refractivity contribution in [3.8, 4) is 22.8 Å². The Bertz CT molecular complexity index is 1010. The van der Waals surface area contributed by atoms with Crippen LogP contribution in [0.3, 0.4) is 0 Å². The molecule has 0 aliphatic rings. The summed E-state index contributed by atoms with van der Waals surface area (Å²) in [6, 6.07) is 20.0. The van der Waals surface area contributed by atoms with Crippen LogP contribution in [-0.4, -0.2) is 20.2 Å². The summed E-state index contributed by atoms with van der Waals surface area (Å²) < 4.78 is 1.00. The Kier molecular flexibility index (Phi) is 4.75. The predicted octanol–water partition coefficient (Wildman–Crippen LogP) is 4.91. The molecule has 5 nitrogen and oxygen atoms in total. The summed E-state index contributed by atoms with van der Waals surface area (Å²) in [6.07, 6.45) is 3.59. The fourth-order valence-electron chi connectivity index (χ4n) is 2.68. The lowest BCUT2D eigenvalue weighted by molar-refractivity contribution is 1.09. The molecule has 2 aromatic carbocycles. The zero-order chi connectivity index (χ0) is 17.8. The van der Waals surface area contributed by atoms with Crippen LogP contribution in [0.2, 0.25) is 0 Å². The number of halogens is 1. The van der Waals surface area contributed by atoms with Crippen molar-refractivity contribution in [2.45, 2.75) is 6.54 Å². The van der Waals surface area contributed by atoms with Gasteiger partial charge in [-0.15, -0.1) is 0 Å². The van der Waals surface area contributed by atoms with Gasteiger partial charge in [-0.3, -0.25) is 10.1 Å². The van der Waals surface area contributed by atoms with E-state index in [1.54, 1.807) is 12.4 Å². The lowest BCUT2D eigenvalue weighted by atomic mass is 10.1. The average molecular weight is 406 g/mol. The molecule has 0 bridgehead atoms. The average Bonchev–Trinajstić information content (AvgIpc) is 3.17. The molecule has 0 atom stereocenters. The van der Waals surface area contributed by atoms with Gasteiger partial charge in [0.2, 0.25) is 0 Å². The van der Waals surface area contributed by atoms with E-state index < -0.39 is 0 Å². The van der Waals surface area contributed by atoms with E-state index in [1.165, 1.54) is 5.56 Å². The van der Waals surface area contributed by atoms with E-state index in [4.69, 9.17) is 0 Å². The Morgan fingerprint density at radius 2 is 1.81 bits per heavy atom. The largest absolute Gasteiger partial charge is 0.380 e. The summed E-state index contributed by atoms with van der Waals surface area (Å²) in [4.78, 5) is 8.72. The van der Waals surface area contributed by atoms with Crippen LogP contribution < -0.4 is 5.32 Å². The number of aromatic nitrogens is 4. The quantitative estimate of drug-likeness (QED) is 0.494. The highest BCUT2D eigenvalue weighted by Crippen LogP contribution is 2.27. The first-order valence-electron chi connectivity index (χ1n) is 8.20. The molecule has 0 aliphatic heterocycles. The third-order valence-electron chi connectivity index (χ3n) is 3.98. The molecule has 0 saturated heterocycles. The van der Waals surface area contributed by atoms with E-state index >= 15 is 0 Å². The fourth-order valence-corrected chi connectivity index (χ4v) is 3.08. The monoisotopic (exact) mass is 405 g/mol. The Labute approximate surface area is 159 Å². The Hall–Kier alpha value is -2.99. The Balaban J connectivity index is 1.60. The van der Waals surface area contributed by atoms with E-state index in [2.05, 4.69) is 41.4 Å². The number of aromatic amines is 1. The van der Waals surface area contributed by atoms with Gasteiger partial charge in [-0.25, -0.2) is 4.98 Å². The van der Waals surface area contributed by atoms with Crippen LogP contribution >= 0.6 is 15.9 Å². The number of anilines is 1. The predicted molar refractivity (Wildman–Crippen MR) is 107 cm³/mol. The molecule has 2 heterocycles. The highest BCUT2D eigenvalue weighted by molar-refractivity contribution is 9.10. The Morgan fingerprint density at radius 1 is 0.962 bits per heavy atom. The van der Waals surface area contributed by atoms with Crippen molar-refractivity contribution in [2.75, 3.05) is 5.32 Å². The zero-order valence-electron chi connectivity index (χ0n) is 13.9. The minimum atomic E-state index is 0.672. The summed E-state index contributed by atoms with van der Waals surface area (Å²) in [5.41, 5.74) is 4.11. The van der Waals surface area contributed by atoms with Crippen LogP contribution in [0.5, 0.6) is 0 Å². The molecule has 0 aliphatic carbocycles. The molecule has 4 rings (SSSR count). The van der Waals surface area contributed by atoms with Crippen LogP contribution in [0.1, 0.15) is 5.56 Å². The van der Waals surface area contributed by atoms with Gasteiger partial charge in [-0.05, 0) is 42.0 Å². The zero-order valence-corrected chi connectivity index (χ0v) is 15.4. The second kappa shape index (κ2) is 7.49. The van der Waals surface area contributed by atoms with Gasteiger partial charge in [0.15, 0.2) is 11.6 Å². The lowest BCUT2D eigenvalue weighted by Crippen LogP contribution is -2.01. The normalized spacial score (nSPS) is 10.7. The van der Waals surface area contributed by atoms with Gasteiger partial charge >= 0.3 is 0 Å².